The monoisotopic (exact) mass is 507 g/mol. The van der Waals surface area contributed by atoms with Crippen molar-refractivity contribution in [3.8, 4) is 0 Å². The molecule has 4 rings (SSSR count). The largest absolute Gasteiger partial charge is 0.481 e. The lowest BCUT2D eigenvalue weighted by Crippen LogP contribution is -2.45. The van der Waals surface area contributed by atoms with Gasteiger partial charge in [0, 0.05) is 16.0 Å². The van der Waals surface area contributed by atoms with Crippen molar-refractivity contribution < 1.29 is 19.1 Å². The fraction of sp³-hybridized carbons (Fsp3) is 0.286. The van der Waals surface area contributed by atoms with Gasteiger partial charge >= 0.3 is 5.97 Å². The number of carbonyl (C=O) groups excluding carboxylic acids is 1. The first-order valence-electron chi connectivity index (χ1n) is 9.32. The van der Waals surface area contributed by atoms with Crippen LogP contribution in [0.4, 0.5) is 4.39 Å². The number of fused-ring (bicyclic) bond motifs is 1. The smallest absolute Gasteiger partial charge is 0.303 e. The molecule has 2 N–H and O–H groups in total. The molecule has 0 unspecified atom stereocenters. The van der Waals surface area contributed by atoms with Crippen molar-refractivity contribution in [2.75, 3.05) is 0 Å². The number of rotatable bonds is 6. The van der Waals surface area contributed by atoms with Crippen molar-refractivity contribution in [3.63, 3.8) is 0 Å². The van der Waals surface area contributed by atoms with Gasteiger partial charge in [-0.25, -0.2) is 4.39 Å². The van der Waals surface area contributed by atoms with Crippen molar-refractivity contribution in [1.29, 1.82) is 0 Å². The maximum atomic E-state index is 14.3. The van der Waals surface area contributed by atoms with Crippen LogP contribution in [0.1, 0.15) is 35.2 Å². The molecule has 0 radical (unpaired) electrons. The number of carboxylic acids is 1. The Morgan fingerprint density at radius 3 is 2.62 bits per heavy atom. The van der Waals surface area contributed by atoms with E-state index in [-0.39, 0.29) is 24.3 Å². The lowest BCUT2D eigenvalue weighted by molar-refractivity contribution is -0.138. The molecule has 0 spiro atoms. The van der Waals surface area contributed by atoms with Crippen molar-refractivity contribution in [2.45, 2.75) is 31.8 Å². The molecule has 8 heteroatoms. The molecule has 1 aromatic heterocycles. The molecule has 150 valence electrons. The van der Waals surface area contributed by atoms with Crippen LogP contribution in [0.5, 0.6) is 0 Å². The quantitative estimate of drug-likeness (QED) is 0.498. The molecule has 1 heterocycles. The molecule has 0 saturated heterocycles. The van der Waals surface area contributed by atoms with Gasteiger partial charge in [-0.15, -0.1) is 0 Å². The minimum atomic E-state index is -0.820. The van der Waals surface area contributed by atoms with E-state index >= 15 is 0 Å². The fourth-order valence-electron chi connectivity index (χ4n) is 3.77. The number of aromatic nitrogens is 2. The maximum absolute atomic E-state index is 14.3. The second kappa shape index (κ2) is 8.10. The highest BCUT2D eigenvalue weighted by Gasteiger charge is 2.32. The third kappa shape index (κ3) is 4.26. The van der Waals surface area contributed by atoms with Crippen molar-refractivity contribution in [1.82, 2.24) is 15.1 Å². The number of hydrogen-bond donors (Lipinski definition) is 2. The number of halogens is 2. The minimum Gasteiger partial charge on any atom is -0.481 e. The molecular formula is C21H19FIN3O3. The SMILES string of the molecule is O=C(O)C[C@H]1C[C@@H](NC(=O)c2ccc(F)c3cnn(Cc4ccc(I)cc4)c23)C1. The van der Waals surface area contributed by atoms with Gasteiger partial charge in [0.1, 0.15) is 5.82 Å². The Morgan fingerprint density at radius 2 is 1.93 bits per heavy atom. The molecule has 1 amide bonds. The molecule has 1 aliphatic rings. The number of amides is 1. The van der Waals surface area contributed by atoms with Crippen LogP contribution in [-0.2, 0) is 11.3 Å². The summed E-state index contributed by atoms with van der Waals surface area (Å²) in [7, 11) is 0. The summed E-state index contributed by atoms with van der Waals surface area (Å²) < 4.78 is 17.1. The highest BCUT2D eigenvalue weighted by atomic mass is 127. The Labute approximate surface area is 180 Å². The van der Waals surface area contributed by atoms with E-state index in [9.17, 15) is 14.0 Å². The molecule has 3 aromatic rings. The van der Waals surface area contributed by atoms with Crippen molar-refractivity contribution >= 4 is 45.4 Å². The molecular weight excluding hydrogens is 488 g/mol. The van der Waals surface area contributed by atoms with E-state index < -0.39 is 11.8 Å². The summed E-state index contributed by atoms with van der Waals surface area (Å²) in [6.07, 6.45) is 2.85. The van der Waals surface area contributed by atoms with E-state index in [0.717, 1.165) is 9.13 Å². The van der Waals surface area contributed by atoms with Gasteiger partial charge < -0.3 is 10.4 Å². The predicted octanol–water partition coefficient (Wildman–Crippen LogP) is 3.81. The second-order valence-electron chi connectivity index (χ2n) is 7.39. The third-order valence-electron chi connectivity index (χ3n) is 5.27. The number of carboxylic acid groups (broad SMARTS) is 1. The highest BCUT2D eigenvalue weighted by molar-refractivity contribution is 14.1. The molecule has 1 fully saturated rings. The summed E-state index contributed by atoms with van der Waals surface area (Å²) in [5.41, 5.74) is 1.83. The molecule has 0 atom stereocenters. The lowest BCUT2D eigenvalue weighted by atomic mass is 9.78. The fourth-order valence-corrected chi connectivity index (χ4v) is 4.13. The van der Waals surface area contributed by atoms with Gasteiger partial charge in [0.25, 0.3) is 5.91 Å². The van der Waals surface area contributed by atoms with Crippen LogP contribution in [-0.4, -0.2) is 32.8 Å². The summed E-state index contributed by atoms with van der Waals surface area (Å²) >= 11 is 2.23. The van der Waals surface area contributed by atoms with Gasteiger partial charge in [-0.3, -0.25) is 14.3 Å². The Morgan fingerprint density at radius 1 is 1.21 bits per heavy atom. The number of hydrogen-bond acceptors (Lipinski definition) is 3. The van der Waals surface area contributed by atoms with Gasteiger partial charge in [-0.05, 0) is 71.2 Å². The molecule has 1 aliphatic carbocycles. The second-order valence-corrected chi connectivity index (χ2v) is 8.64. The Balaban J connectivity index is 1.57. The summed E-state index contributed by atoms with van der Waals surface area (Å²) in [4.78, 5) is 23.6. The topological polar surface area (TPSA) is 84.2 Å². The first-order valence-corrected chi connectivity index (χ1v) is 10.4. The van der Waals surface area contributed by atoms with E-state index in [4.69, 9.17) is 5.11 Å². The average molecular weight is 507 g/mol. The van der Waals surface area contributed by atoms with Crippen LogP contribution in [0.15, 0.2) is 42.6 Å². The average Bonchev–Trinajstić information content (AvgIpc) is 3.06. The van der Waals surface area contributed by atoms with Gasteiger partial charge in [-0.1, -0.05) is 12.1 Å². The van der Waals surface area contributed by atoms with Crippen LogP contribution in [0.2, 0.25) is 0 Å². The molecule has 6 nitrogen and oxygen atoms in total. The highest BCUT2D eigenvalue weighted by Crippen LogP contribution is 2.31. The summed E-state index contributed by atoms with van der Waals surface area (Å²) in [6, 6.07) is 10.6. The standard InChI is InChI=1S/C21H19FIN3O3/c22-18-6-5-16(21(29)25-15-7-13(8-15)9-19(27)28)20-17(18)10-24-26(20)11-12-1-3-14(23)4-2-12/h1-6,10,13,15H,7-9,11H2,(H,25,29)(H,27,28)/t13-,15+. The van der Waals surface area contributed by atoms with Crippen LogP contribution in [0.3, 0.4) is 0 Å². The minimum absolute atomic E-state index is 0.0560. The number of nitrogens with zero attached hydrogens (tertiary/aromatic N) is 2. The maximum Gasteiger partial charge on any atom is 0.303 e. The number of aliphatic carboxylic acids is 1. The van der Waals surface area contributed by atoms with Gasteiger partial charge in [0.05, 0.1) is 29.2 Å². The Hall–Kier alpha value is -2.49. The van der Waals surface area contributed by atoms with E-state index in [1.165, 1.54) is 18.3 Å². The zero-order valence-electron chi connectivity index (χ0n) is 15.4. The third-order valence-corrected chi connectivity index (χ3v) is 5.99. The molecule has 0 aliphatic heterocycles. The lowest BCUT2D eigenvalue weighted by Gasteiger charge is -2.35. The Bertz CT molecular complexity index is 1070. The van der Waals surface area contributed by atoms with Gasteiger partial charge in [0.15, 0.2) is 0 Å². The summed E-state index contributed by atoms with van der Waals surface area (Å²) in [5.74, 6) is -1.44. The van der Waals surface area contributed by atoms with Crippen LogP contribution in [0.25, 0.3) is 10.9 Å². The van der Waals surface area contributed by atoms with Crippen LogP contribution < -0.4 is 5.32 Å². The predicted molar refractivity (Wildman–Crippen MR) is 114 cm³/mol. The number of benzene rings is 2. The number of nitrogens with one attached hydrogen (secondary N) is 1. The number of carbonyl (C=O) groups is 2. The summed E-state index contributed by atoms with van der Waals surface area (Å²) in [6.45, 7) is 0.425. The van der Waals surface area contributed by atoms with Gasteiger partial charge in [-0.2, -0.15) is 5.10 Å². The first-order chi connectivity index (χ1) is 13.9. The normalized spacial score (nSPS) is 18.4. The molecule has 29 heavy (non-hydrogen) atoms. The first kappa shape index (κ1) is 19.8. The zero-order chi connectivity index (χ0) is 20.5. The van der Waals surface area contributed by atoms with E-state index in [2.05, 4.69) is 33.0 Å². The van der Waals surface area contributed by atoms with Crippen LogP contribution >= 0.6 is 22.6 Å². The Kier molecular flexibility index (Phi) is 5.53. The van der Waals surface area contributed by atoms with Crippen molar-refractivity contribution in [2.24, 2.45) is 5.92 Å². The van der Waals surface area contributed by atoms with Crippen molar-refractivity contribution in [3.05, 3.63) is 63.1 Å². The van der Waals surface area contributed by atoms with Crippen LogP contribution in [0, 0.1) is 15.3 Å². The molecule has 1 saturated carbocycles. The van der Waals surface area contributed by atoms with Gasteiger partial charge in [0.2, 0.25) is 0 Å². The van der Waals surface area contributed by atoms with E-state index in [1.54, 1.807) is 4.68 Å². The van der Waals surface area contributed by atoms with E-state index in [0.29, 0.717) is 35.9 Å². The molecule has 2 aromatic carbocycles. The molecule has 0 bridgehead atoms. The summed E-state index contributed by atoms with van der Waals surface area (Å²) in [5, 5.41) is 16.4. The van der Waals surface area contributed by atoms with E-state index in [1.807, 2.05) is 24.3 Å². The zero-order valence-corrected chi connectivity index (χ0v) is 17.6.